The molecule has 0 saturated heterocycles. The smallest absolute Gasteiger partial charge is 0.263 e. The number of benzene rings is 2. The average molecular weight is 355 g/mol. The lowest BCUT2D eigenvalue weighted by Crippen LogP contribution is -2.15. The standard InChI is InChI=1S/C13H8BrFN2O2S/c14-10-5-6-11(15)12(7-10)17-20(18,19)13-4-2-1-3-9(13)8-16/h1-7,17H. The molecular weight excluding hydrogens is 347 g/mol. The van der Waals surface area contributed by atoms with E-state index in [4.69, 9.17) is 5.26 Å². The summed E-state index contributed by atoms with van der Waals surface area (Å²) in [6, 6.07) is 11.4. The first-order valence-electron chi connectivity index (χ1n) is 5.41. The molecule has 0 spiro atoms. The number of rotatable bonds is 3. The van der Waals surface area contributed by atoms with Crippen molar-refractivity contribution in [3.8, 4) is 6.07 Å². The fourth-order valence-electron chi connectivity index (χ4n) is 1.57. The minimum Gasteiger partial charge on any atom is -0.277 e. The first-order valence-corrected chi connectivity index (χ1v) is 7.68. The second-order valence-electron chi connectivity index (χ2n) is 3.84. The molecule has 0 saturated carbocycles. The fraction of sp³-hybridized carbons (Fsp3) is 0. The van der Waals surface area contributed by atoms with E-state index in [1.807, 2.05) is 0 Å². The van der Waals surface area contributed by atoms with E-state index in [-0.39, 0.29) is 16.1 Å². The first kappa shape index (κ1) is 14.5. The number of halogens is 2. The van der Waals surface area contributed by atoms with Crippen LogP contribution in [0.5, 0.6) is 0 Å². The molecule has 1 N–H and O–H groups in total. The van der Waals surface area contributed by atoms with Gasteiger partial charge >= 0.3 is 0 Å². The molecule has 7 heteroatoms. The summed E-state index contributed by atoms with van der Waals surface area (Å²) in [4.78, 5) is -0.193. The van der Waals surface area contributed by atoms with Gasteiger partial charge in [-0.1, -0.05) is 28.1 Å². The quantitative estimate of drug-likeness (QED) is 0.919. The van der Waals surface area contributed by atoms with Crippen LogP contribution >= 0.6 is 15.9 Å². The van der Waals surface area contributed by atoms with E-state index in [0.717, 1.165) is 6.07 Å². The van der Waals surface area contributed by atoms with Crippen LogP contribution in [0, 0.1) is 17.1 Å². The lowest BCUT2D eigenvalue weighted by atomic mass is 10.2. The van der Waals surface area contributed by atoms with Crippen molar-refractivity contribution in [2.24, 2.45) is 0 Å². The van der Waals surface area contributed by atoms with Gasteiger partial charge in [0.1, 0.15) is 16.8 Å². The van der Waals surface area contributed by atoms with Gasteiger partial charge in [0.2, 0.25) is 0 Å². The third kappa shape index (κ3) is 2.98. The highest BCUT2D eigenvalue weighted by molar-refractivity contribution is 9.10. The second kappa shape index (κ2) is 5.61. The molecule has 0 radical (unpaired) electrons. The van der Waals surface area contributed by atoms with Crippen LogP contribution in [0.3, 0.4) is 0 Å². The molecule has 0 amide bonds. The van der Waals surface area contributed by atoms with Crippen LogP contribution in [-0.4, -0.2) is 8.42 Å². The highest BCUT2D eigenvalue weighted by Crippen LogP contribution is 2.24. The van der Waals surface area contributed by atoms with Crippen molar-refractivity contribution in [3.63, 3.8) is 0 Å². The Morgan fingerprint density at radius 3 is 2.60 bits per heavy atom. The zero-order valence-corrected chi connectivity index (χ0v) is 12.4. The average Bonchev–Trinajstić information content (AvgIpc) is 2.42. The zero-order valence-electron chi connectivity index (χ0n) is 9.97. The molecule has 0 bridgehead atoms. The summed E-state index contributed by atoms with van der Waals surface area (Å²) in [5, 5.41) is 8.92. The normalized spacial score (nSPS) is 10.8. The summed E-state index contributed by atoms with van der Waals surface area (Å²) in [6.45, 7) is 0. The number of nitrogens with zero attached hydrogens (tertiary/aromatic N) is 1. The number of anilines is 1. The predicted octanol–water partition coefficient (Wildman–Crippen LogP) is 3.26. The van der Waals surface area contributed by atoms with Crippen molar-refractivity contribution in [2.45, 2.75) is 4.90 Å². The fourth-order valence-corrected chi connectivity index (χ4v) is 3.15. The van der Waals surface area contributed by atoms with Crippen molar-refractivity contribution in [2.75, 3.05) is 4.72 Å². The Hall–Kier alpha value is -1.91. The lowest BCUT2D eigenvalue weighted by molar-refractivity contribution is 0.598. The molecule has 0 unspecified atom stereocenters. The van der Waals surface area contributed by atoms with E-state index in [1.165, 1.54) is 30.3 Å². The molecule has 4 nitrogen and oxygen atoms in total. The van der Waals surface area contributed by atoms with Crippen LogP contribution in [0.2, 0.25) is 0 Å². The topological polar surface area (TPSA) is 70.0 Å². The summed E-state index contributed by atoms with van der Waals surface area (Å²) in [7, 11) is -4.03. The lowest BCUT2D eigenvalue weighted by Gasteiger charge is -2.10. The van der Waals surface area contributed by atoms with Gasteiger partial charge in [-0.25, -0.2) is 12.8 Å². The van der Waals surface area contributed by atoms with E-state index in [0.29, 0.717) is 4.47 Å². The van der Waals surface area contributed by atoms with Crippen LogP contribution in [0.4, 0.5) is 10.1 Å². The molecule has 0 aliphatic heterocycles. The number of nitriles is 1. The summed E-state index contributed by atoms with van der Waals surface area (Å²) in [5.74, 6) is -0.703. The Labute approximate surface area is 124 Å². The third-order valence-corrected chi connectivity index (χ3v) is 4.39. The van der Waals surface area contributed by atoms with Gasteiger partial charge in [-0.05, 0) is 30.3 Å². The van der Waals surface area contributed by atoms with Gasteiger partial charge in [-0.3, -0.25) is 4.72 Å². The number of nitrogens with one attached hydrogen (secondary N) is 1. The van der Waals surface area contributed by atoms with Crippen LogP contribution < -0.4 is 4.72 Å². The van der Waals surface area contributed by atoms with Crippen LogP contribution in [0.25, 0.3) is 0 Å². The van der Waals surface area contributed by atoms with E-state index < -0.39 is 15.8 Å². The Kier molecular flexibility index (Phi) is 4.06. The van der Waals surface area contributed by atoms with Crippen molar-refractivity contribution < 1.29 is 12.8 Å². The largest absolute Gasteiger partial charge is 0.277 e. The molecule has 2 aromatic rings. The van der Waals surface area contributed by atoms with Crippen LogP contribution in [0.1, 0.15) is 5.56 Å². The van der Waals surface area contributed by atoms with Crippen molar-refractivity contribution >= 4 is 31.6 Å². The minimum atomic E-state index is -4.03. The maximum atomic E-state index is 13.6. The molecule has 0 heterocycles. The first-order chi connectivity index (χ1) is 9.44. The molecule has 0 fully saturated rings. The van der Waals surface area contributed by atoms with Gasteiger partial charge in [0.25, 0.3) is 10.0 Å². The van der Waals surface area contributed by atoms with Gasteiger partial charge in [0.05, 0.1) is 11.3 Å². The summed E-state index contributed by atoms with van der Waals surface area (Å²) in [6.07, 6.45) is 0. The predicted molar refractivity (Wildman–Crippen MR) is 76.1 cm³/mol. The van der Waals surface area contributed by atoms with E-state index in [2.05, 4.69) is 20.7 Å². The molecule has 0 aliphatic rings. The molecule has 102 valence electrons. The number of hydrogen-bond acceptors (Lipinski definition) is 3. The Morgan fingerprint density at radius 1 is 1.20 bits per heavy atom. The highest BCUT2D eigenvalue weighted by Gasteiger charge is 2.19. The van der Waals surface area contributed by atoms with Gasteiger partial charge in [-0.2, -0.15) is 5.26 Å². The third-order valence-electron chi connectivity index (χ3n) is 2.47. The SMILES string of the molecule is N#Cc1ccccc1S(=O)(=O)Nc1cc(Br)ccc1F. The maximum absolute atomic E-state index is 13.6. The minimum absolute atomic E-state index is 0.00425. The molecular formula is C13H8BrFN2O2S. The summed E-state index contributed by atoms with van der Waals surface area (Å²) < 4.78 is 40.7. The monoisotopic (exact) mass is 354 g/mol. The Bertz CT molecular complexity index is 800. The van der Waals surface area contributed by atoms with Gasteiger partial charge in [0.15, 0.2) is 0 Å². The van der Waals surface area contributed by atoms with E-state index in [1.54, 1.807) is 12.1 Å². The van der Waals surface area contributed by atoms with Crippen molar-refractivity contribution in [3.05, 3.63) is 58.3 Å². The second-order valence-corrected chi connectivity index (χ2v) is 6.40. The van der Waals surface area contributed by atoms with E-state index in [9.17, 15) is 12.8 Å². The molecule has 0 atom stereocenters. The van der Waals surface area contributed by atoms with Crippen molar-refractivity contribution in [1.82, 2.24) is 0 Å². The highest BCUT2D eigenvalue weighted by atomic mass is 79.9. The van der Waals surface area contributed by atoms with E-state index >= 15 is 0 Å². The van der Waals surface area contributed by atoms with Crippen LogP contribution in [-0.2, 0) is 10.0 Å². The van der Waals surface area contributed by atoms with Crippen molar-refractivity contribution in [1.29, 1.82) is 5.26 Å². The maximum Gasteiger partial charge on any atom is 0.263 e. The number of hydrogen-bond donors (Lipinski definition) is 1. The van der Waals surface area contributed by atoms with Gasteiger partial charge < -0.3 is 0 Å². The molecule has 2 rings (SSSR count). The molecule has 0 aromatic heterocycles. The van der Waals surface area contributed by atoms with Gasteiger partial charge in [0, 0.05) is 4.47 Å². The molecule has 0 aliphatic carbocycles. The molecule has 2 aromatic carbocycles. The van der Waals surface area contributed by atoms with Gasteiger partial charge in [-0.15, -0.1) is 0 Å². The zero-order chi connectivity index (χ0) is 14.8. The molecule has 20 heavy (non-hydrogen) atoms. The van der Waals surface area contributed by atoms with Crippen LogP contribution in [0.15, 0.2) is 51.8 Å². The Morgan fingerprint density at radius 2 is 1.90 bits per heavy atom. The number of sulfonamides is 1. The summed E-state index contributed by atoms with van der Waals surface area (Å²) >= 11 is 3.13. The Balaban J connectivity index is 2.47. The summed E-state index contributed by atoms with van der Waals surface area (Å²) in [5.41, 5.74) is -0.192.